The molecule has 2 aromatic rings. The number of rotatable bonds is 5. The van der Waals surface area contributed by atoms with Gasteiger partial charge in [0, 0.05) is 64.0 Å². The Balaban J connectivity index is 1.26. The molecule has 4 rings (SSSR count). The van der Waals surface area contributed by atoms with Gasteiger partial charge < -0.3 is 10.2 Å². The van der Waals surface area contributed by atoms with Gasteiger partial charge in [-0.2, -0.15) is 13.2 Å². The standard InChI is InChI=1S/C24H27F3N4O2/c1-17(32)31-21-8-3-2-5-18(21)15-22(31)23(33)28-9-10-29-11-13-30(14-12-29)20-7-4-6-19(16-20)24(25,26)27/h2-8,16,22H,9-15H2,1H3,(H,28,33)/t22-/m0/s1. The number of amides is 2. The smallest absolute Gasteiger partial charge is 0.369 e. The molecule has 1 fully saturated rings. The predicted molar refractivity (Wildman–Crippen MR) is 120 cm³/mol. The first-order valence-corrected chi connectivity index (χ1v) is 11.0. The third-order valence-electron chi connectivity index (χ3n) is 6.26. The van der Waals surface area contributed by atoms with E-state index in [0.29, 0.717) is 51.4 Å². The Bertz CT molecular complexity index is 1020. The van der Waals surface area contributed by atoms with Crippen molar-refractivity contribution in [2.45, 2.75) is 25.6 Å². The van der Waals surface area contributed by atoms with E-state index < -0.39 is 17.8 Å². The summed E-state index contributed by atoms with van der Waals surface area (Å²) in [7, 11) is 0. The highest BCUT2D eigenvalue weighted by Crippen LogP contribution is 2.33. The second-order valence-corrected chi connectivity index (χ2v) is 8.41. The summed E-state index contributed by atoms with van der Waals surface area (Å²) in [5.41, 5.74) is 1.70. The van der Waals surface area contributed by atoms with Gasteiger partial charge >= 0.3 is 6.18 Å². The first-order valence-electron chi connectivity index (χ1n) is 11.0. The van der Waals surface area contributed by atoms with E-state index in [1.54, 1.807) is 11.0 Å². The Kier molecular flexibility index (Phi) is 6.60. The largest absolute Gasteiger partial charge is 0.416 e. The van der Waals surface area contributed by atoms with E-state index in [-0.39, 0.29) is 11.8 Å². The first kappa shape index (κ1) is 23.1. The van der Waals surface area contributed by atoms with E-state index in [1.807, 2.05) is 29.2 Å². The normalized spacial score (nSPS) is 18.8. The second-order valence-electron chi connectivity index (χ2n) is 8.41. The summed E-state index contributed by atoms with van der Waals surface area (Å²) in [5, 5.41) is 2.95. The highest BCUT2D eigenvalue weighted by molar-refractivity contribution is 6.02. The molecule has 0 aliphatic carbocycles. The summed E-state index contributed by atoms with van der Waals surface area (Å²) >= 11 is 0. The van der Waals surface area contributed by atoms with Crippen LogP contribution in [0.1, 0.15) is 18.1 Å². The Labute approximate surface area is 191 Å². The molecule has 2 heterocycles. The zero-order valence-electron chi connectivity index (χ0n) is 18.4. The molecule has 6 nitrogen and oxygen atoms in total. The number of carbonyl (C=O) groups excluding carboxylic acids is 2. The Morgan fingerprint density at radius 3 is 2.45 bits per heavy atom. The fourth-order valence-electron chi connectivity index (χ4n) is 4.55. The lowest BCUT2D eigenvalue weighted by atomic mass is 10.1. The molecule has 2 amide bonds. The molecule has 1 saturated heterocycles. The number of nitrogens with zero attached hydrogens (tertiary/aromatic N) is 3. The van der Waals surface area contributed by atoms with Crippen molar-refractivity contribution in [1.29, 1.82) is 0 Å². The van der Waals surface area contributed by atoms with Crippen LogP contribution in [0.3, 0.4) is 0 Å². The summed E-state index contributed by atoms with van der Waals surface area (Å²) in [6, 6.07) is 12.4. The van der Waals surface area contributed by atoms with Crippen molar-refractivity contribution in [2.24, 2.45) is 0 Å². The van der Waals surface area contributed by atoms with Crippen LogP contribution in [-0.2, 0) is 22.2 Å². The van der Waals surface area contributed by atoms with Crippen LogP contribution >= 0.6 is 0 Å². The van der Waals surface area contributed by atoms with Crippen LogP contribution in [0, 0.1) is 0 Å². The van der Waals surface area contributed by atoms with Gasteiger partial charge in [-0.15, -0.1) is 0 Å². The zero-order chi connectivity index (χ0) is 23.6. The molecule has 0 bridgehead atoms. The maximum absolute atomic E-state index is 13.0. The summed E-state index contributed by atoms with van der Waals surface area (Å²) in [6.07, 6.45) is -3.86. The van der Waals surface area contributed by atoms with Gasteiger partial charge in [-0.1, -0.05) is 24.3 Å². The molecule has 2 aliphatic rings. The Hall–Kier alpha value is -3.07. The number of alkyl halides is 3. The molecule has 0 radical (unpaired) electrons. The van der Waals surface area contributed by atoms with Gasteiger partial charge in [0.25, 0.3) is 0 Å². The summed E-state index contributed by atoms with van der Waals surface area (Å²) in [6.45, 7) is 5.17. The zero-order valence-corrected chi connectivity index (χ0v) is 18.4. The van der Waals surface area contributed by atoms with Gasteiger partial charge in [0.2, 0.25) is 11.8 Å². The van der Waals surface area contributed by atoms with Crippen LogP contribution in [0.5, 0.6) is 0 Å². The SMILES string of the molecule is CC(=O)N1c2ccccc2C[C@H]1C(=O)NCCN1CCN(c2cccc(C(F)(F)F)c2)CC1. The van der Waals surface area contributed by atoms with Crippen LogP contribution in [0.15, 0.2) is 48.5 Å². The number of piperazine rings is 1. The van der Waals surface area contributed by atoms with Gasteiger partial charge in [0.15, 0.2) is 0 Å². The van der Waals surface area contributed by atoms with Gasteiger partial charge in [0.05, 0.1) is 5.56 Å². The summed E-state index contributed by atoms with van der Waals surface area (Å²) in [4.78, 5) is 30.6. The highest BCUT2D eigenvalue weighted by atomic mass is 19.4. The minimum absolute atomic E-state index is 0.161. The highest BCUT2D eigenvalue weighted by Gasteiger charge is 2.36. The monoisotopic (exact) mass is 460 g/mol. The molecule has 0 aromatic heterocycles. The van der Waals surface area contributed by atoms with Gasteiger partial charge in [-0.05, 0) is 29.8 Å². The first-order chi connectivity index (χ1) is 15.7. The molecule has 0 saturated carbocycles. The molecular weight excluding hydrogens is 433 g/mol. The number of hydrogen-bond acceptors (Lipinski definition) is 4. The van der Waals surface area contributed by atoms with Crippen LogP contribution in [0.25, 0.3) is 0 Å². The lowest BCUT2D eigenvalue weighted by Crippen LogP contribution is -2.51. The van der Waals surface area contributed by atoms with Crippen molar-refractivity contribution in [3.05, 3.63) is 59.7 Å². The molecule has 1 N–H and O–H groups in total. The van der Waals surface area contributed by atoms with Crippen molar-refractivity contribution in [3.8, 4) is 0 Å². The van der Waals surface area contributed by atoms with Crippen LogP contribution in [-0.4, -0.2) is 62.0 Å². The van der Waals surface area contributed by atoms with Crippen LogP contribution in [0.2, 0.25) is 0 Å². The van der Waals surface area contributed by atoms with Crippen LogP contribution < -0.4 is 15.1 Å². The number of benzene rings is 2. The molecule has 2 aliphatic heterocycles. The van der Waals surface area contributed by atoms with Crippen molar-refractivity contribution >= 4 is 23.2 Å². The maximum Gasteiger partial charge on any atom is 0.416 e. The fourth-order valence-corrected chi connectivity index (χ4v) is 4.55. The van der Waals surface area contributed by atoms with E-state index in [0.717, 1.165) is 17.3 Å². The Morgan fingerprint density at radius 2 is 1.76 bits per heavy atom. The van der Waals surface area contributed by atoms with E-state index in [4.69, 9.17) is 0 Å². The van der Waals surface area contributed by atoms with Crippen molar-refractivity contribution < 1.29 is 22.8 Å². The molecule has 33 heavy (non-hydrogen) atoms. The molecule has 0 spiro atoms. The fraction of sp³-hybridized carbons (Fsp3) is 0.417. The Morgan fingerprint density at radius 1 is 1.03 bits per heavy atom. The molecule has 2 aromatic carbocycles. The van der Waals surface area contributed by atoms with Crippen LogP contribution in [0.4, 0.5) is 24.5 Å². The molecule has 0 unspecified atom stereocenters. The van der Waals surface area contributed by atoms with Crippen molar-refractivity contribution in [1.82, 2.24) is 10.2 Å². The number of nitrogens with one attached hydrogen (secondary N) is 1. The molecule has 1 atom stereocenters. The molecule has 176 valence electrons. The van der Waals surface area contributed by atoms with E-state index in [9.17, 15) is 22.8 Å². The van der Waals surface area contributed by atoms with E-state index in [1.165, 1.54) is 19.1 Å². The number of fused-ring (bicyclic) bond motifs is 1. The van der Waals surface area contributed by atoms with Crippen molar-refractivity contribution in [2.75, 3.05) is 49.1 Å². The topological polar surface area (TPSA) is 55.9 Å². The third kappa shape index (κ3) is 5.13. The number of carbonyl (C=O) groups is 2. The quantitative estimate of drug-likeness (QED) is 0.746. The van der Waals surface area contributed by atoms with Crippen molar-refractivity contribution in [3.63, 3.8) is 0 Å². The van der Waals surface area contributed by atoms with E-state index in [2.05, 4.69) is 10.2 Å². The second kappa shape index (κ2) is 9.43. The lowest BCUT2D eigenvalue weighted by Gasteiger charge is -2.36. The predicted octanol–water partition coefficient (Wildman–Crippen LogP) is 2.92. The average molecular weight is 461 g/mol. The number of halogens is 3. The maximum atomic E-state index is 13.0. The van der Waals surface area contributed by atoms with E-state index >= 15 is 0 Å². The molecular formula is C24H27F3N4O2. The van der Waals surface area contributed by atoms with Gasteiger partial charge in [-0.3, -0.25) is 19.4 Å². The lowest BCUT2D eigenvalue weighted by molar-refractivity contribution is -0.137. The minimum Gasteiger partial charge on any atom is -0.369 e. The number of para-hydroxylation sites is 1. The van der Waals surface area contributed by atoms with Gasteiger partial charge in [-0.25, -0.2) is 0 Å². The number of hydrogen-bond donors (Lipinski definition) is 1. The van der Waals surface area contributed by atoms with Gasteiger partial charge in [0.1, 0.15) is 6.04 Å². The summed E-state index contributed by atoms with van der Waals surface area (Å²) in [5.74, 6) is -0.338. The third-order valence-corrected chi connectivity index (χ3v) is 6.26. The molecule has 9 heteroatoms. The average Bonchev–Trinajstić information content (AvgIpc) is 3.19. The summed E-state index contributed by atoms with van der Waals surface area (Å²) < 4.78 is 38.9. The minimum atomic E-state index is -4.35. The number of anilines is 2.